The Bertz CT molecular complexity index is 866. The number of fused-ring (bicyclic) bond motifs is 2. The highest BCUT2D eigenvalue weighted by atomic mass is 16.5. The fraction of sp³-hybridized carbons (Fsp3) is 0.550. The first-order valence-corrected chi connectivity index (χ1v) is 9.76. The van der Waals surface area contributed by atoms with E-state index in [1.165, 1.54) is 6.20 Å². The van der Waals surface area contributed by atoms with Gasteiger partial charge in [0.25, 0.3) is 5.91 Å². The van der Waals surface area contributed by atoms with Gasteiger partial charge in [0.2, 0.25) is 11.8 Å². The van der Waals surface area contributed by atoms with Crippen molar-refractivity contribution in [2.45, 2.75) is 46.3 Å². The molecule has 28 heavy (non-hydrogen) atoms. The van der Waals surface area contributed by atoms with Crippen LogP contribution in [0.15, 0.2) is 18.5 Å². The summed E-state index contributed by atoms with van der Waals surface area (Å²) >= 11 is 0. The van der Waals surface area contributed by atoms with E-state index in [0.717, 1.165) is 30.3 Å². The normalized spacial score (nSPS) is 21.3. The monoisotopic (exact) mass is 382 g/mol. The lowest BCUT2D eigenvalue weighted by Gasteiger charge is -2.32. The molecule has 0 radical (unpaired) electrons. The number of rotatable bonds is 4. The molecule has 8 nitrogen and oxygen atoms in total. The van der Waals surface area contributed by atoms with Crippen molar-refractivity contribution in [3.8, 4) is 5.88 Å². The summed E-state index contributed by atoms with van der Waals surface area (Å²) in [5, 5.41) is 0. The fourth-order valence-corrected chi connectivity index (χ4v) is 4.14. The van der Waals surface area contributed by atoms with Crippen molar-refractivity contribution in [3.05, 3.63) is 35.5 Å². The zero-order valence-corrected chi connectivity index (χ0v) is 16.8. The molecule has 0 aromatic carbocycles. The first kappa shape index (κ1) is 18.6. The minimum Gasteiger partial charge on any atom is -0.473 e. The summed E-state index contributed by atoms with van der Waals surface area (Å²) < 4.78 is 5.69. The maximum atomic E-state index is 13.2. The van der Waals surface area contributed by atoms with Crippen molar-refractivity contribution < 1.29 is 9.53 Å². The highest BCUT2D eigenvalue weighted by Crippen LogP contribution is 2.33. The molecule has 2 unspecified atom stereocenters. The van der Waals surface area contributed by atoms with Crippen LogP contribution in [0.3, 0.4) is 0 Å². The number of anilines is 1. The average Bonchev–Trinajstić information content (AvgIpc) is 2.94. The largest absolute Gasteiger partial charge is 0.473 e. The molecule has 2 atom stereocenters. The van der Waals surface area contributed by atoms with Gasteiger partial charge in [-0.25, -0.2) is 19.9 Å². The molecule has 2 aliphatic rings. The second-order valence-electron chi connectivity index (χ2n) is 7.95. The maximum Gasteiger partial charge on any atom is 0.278 e. The van der Waals surface area contributed by atoms with E-state index in [4.69, 9.17) is 4.74 Å². The Balaban J connectivity index is 1.54. The summed E-state index contributed by atoms with van der Waals surface area (Å²) in [6, 6.07) is 2.20. The van der Waals surface area contributed by atoms with Crippen molar-refractivity contribution in [1.82, 2.24) is 24.8 Å². The molecule has 2 bridgehead atoms. The van der Waals surface area contributed by atoms with Gasteiger partial charge in [-0.3, -0.25) is 4.79 Å². The zero-order chi connectivity index (χ0) is 19.8. The lowest BCUT2D eigenvalue weighted by Crippen LogP contribution is -2.46. The van der Waals surface area contributed by atoms with Crippen LogP contribution < -0.4 is 9.64 Å². The smallest absolute Gasteiger partial charge is 0.278 e. The molecule has 2 saturated heterocycles. The second kappa shape index (κ2) is 7.33. The molecule has 4 rings (SSSR count). The number of aromatic nitrogens is 4. The van der Waals surface area contributed by atoms with E-state index >= 15 is 0 Å². The predicted molar refractivity (Wildman–Crippen MR) is 104 cm³/mol. The molecule has 148 valence electrons. The van der Waals surface area contributed by atoms with Gasteiger partial charge in [-0.15, -0.1) is 0 Å². The molecule has 0 aliphatic carbocycles. The van der Waals surface area contributed by atoms with Crippen LogP contribution in [0.25, 0.3) is 0 Å². The van der Waals surface area contributed by atoms with Crippen LogP contribution in [0.5, 0.6) is 5.88 Å². The molecule has 0 spiro atoms. The Morgan fingerprint density at radius 1 is 1.11 bits per heavy atom. The minimum atomic E-state index is -0.123. The number of aryl methyl sites for hydroxylation is 2. The van der Waals surface area contributed by atoms with Gasteiger partial charge in [0, 0.05) is 49.5 Å². The van der Waals surface area contributed by atoms with Crippen LogP contribution in [0.2, 0.25) is 0 Å². The van der Waals surface area contributed by atoms with Crippen molar-refractivity contribution in [1.29, 1.82) is 0 Å². The Morgan fingerprint density at radius 3 is 2.54 bits per heavy atom. The topological polar surface area (TPSA) is 84.3 Å². The Morgan fingerprint density at radius 2 is 1.82 bits per heavy atom. The van der Waals surface area contributed by atoms with Gasteiger partial charge in [0.15, 0.2) is 5.69 Å². The average molecular weight is 382 g/mol. The minimum absolute atomic E-state index is 0.0713. The Hall–Kier alpha value is -2.77. The lowest BCUT2D eigenvalue weighted by atomic mass is 10.00. The van der Waals surface area contributed by atoms with Gasteiger partial charge >= 0.3 is 0 Å². The van der Waals surface area contributed by atoms with E-state index in [1.807, 2.05) is 38.7 Å². The van der Waals surface area contributed by atoms with Crippen LogP contribution in [0.1, 0.15) is 42.1 Å². The summed E-state index contributed by atoms with van der Waals surface area (Å²) in [5.74, 6) is 1.34. The number of piperidine rings is 1. The summed E-state index contributed by atoms with van der Waals surface area (Å²) in [7, 11) is 0. The molecule has 2 aliphatic heterocycles. The van der Waals surface area contributed by atoms with E-state index < -0.39 is 0 Å². The first-order valence-electron chi connectivity index (χ1n) is 9.76. The van der Waals surface area contributed by atoms with Crippen LogP contribution in [0.4, 0.5) is 5.95 Å². The molecule has 1 amide bonds. The Labute approximate surface area is 165 Å². The SMILES string of the molecule is Cc1cc(C)nc(N2CC3CC2CN(C(=O)c2nccnc2OC(C)C)C3)n1. The van der Waals surface area contributed by atoms with E-state index in [-0.39, 0.29) is 23.7 Å². The van der Waals surface area contributed by atoms with Gasteiger partial charge in [-0.1, -0.05) is 0 Å². The molecule has 2 aromatic heterocycles. The van der Waals surface area contributed by atoms with Crippen molar-refractivity contribution in [2.24, 2.45) is 5.92 Å². The predicted octanol–water partition coefficient (Wildman–Crippen LogP) is 2.02. The van der Waals surface area contributed by atoms with Crippen molar-refractivity contribution in [3.63, 3.8) is 0 Å². The van der Waals surface area contributed by atoms with Crippen molar-refractivity contribution in [2.75, 3.05) is 24.5 Å². The molecular formula is C20H26N6O2. The Kier molecular flexibility index (Phi) is 4.87. The third-order valence-electron chi connectivity index (χ3n) is 5.14. The highest BCUT2D eigenvalue weighted by Gasteiger charge is 2.42. The molecule has 2 aromatic rings. The van der Waals surface area contributed by atoms with E-state index in [2.05, 4.69) is 24.8 Å². The maximum absolute atomic E-state index is 13.2. The standard InChI is InChI=1S/C20H26N6O2/c1-12(2)28-18-17(21-5-6-22-18)19(27)25-9-15-8-16(11-25)26(10-15)20-23-13(3)7-14(4)24-20/h5-7,12,15-16H,8-11H2,1-4H3. The number of ether oxygens (including phenoxy) is 1. The van der Waals surface area contributed by atoms with E-state index in [1.54, 1.807) is 6.20 Å². The van der Waals surface area contributed by atoms with Crippen LogP contribution >= 0.6 is 0 Å². The molecule has 4 heterocycles. The number of carbonyl (C=O) groups excluding carboxylic acids is 1. The number of likely N-dealkylation sites (tertiary alicyclic amines) is 1. The number of hydrogen-bond acceptors (Lipinski definition) is 7. The second-order valence-corrected chi connectivity index (χ2v) is 7.95. The molecule has 8 heteroatoms. The van der Waals surface area contributed by atoms with E-state index in [9.17, 15) is 4.79 Å². The zero-order valence-electron chi connectivity index (χ0n) is 16.8. The fourth-order valence-electron chi connectivity index (χ4n) is 4.14. The number of carbonyl (C=O) groups is 1. The quantitative estimate of drug-likeness (QED) is 0.800. The molecule has 0 saturated carbocycles. The van der Waals surface area contributed by atoms with Gasteiger partial charge in [-0.2, -0.15) is 0 Å². The van der Waals surface area contributed by atoms with Gasteiger partial charge in [-0.05, 0) is 46.1 Å². The number of hydrogen-bond donors (Lipinski definition) is 0. The summed E-state index contributed by atoms with van der Waals surface area (Å²) in [6.07, 6.45) is 4.07. The molecule has 0 N–H and O–H groups in total. The molecule has 2 fully saturated rings. The lowest BCUT2D eigenvalue weighted by molar-refractivity contribution is 0.0680. The summed E-state index contributed by atoms with van der Waals surface area (Å²) in [6.45, 7) is 9.99. The van der Waals surface area contributed by atoms with E-state index in [0.29, 0.717) is 24.9 Å². The van der Waals surface area contributed by atoms with Gasteiger partial charge in [0.1, 0.15) is 0 Å². The third kappa shape index (κ3) is 3.63. The van der Waals surface area contributed by atoms with Crippen LogP contribution in [-0.2, 0) is 0 Å². The summed E-state index contributed by atoms with van der Waals surface area (Å²) in [4.78, 5) is 35.0. The highest BCUT2D eigenvalue weighted by molar-refractivity contribution is 5.94. The molecular weight excluding hydrogens is 356 g/mol. The first-order chi connectivity index (χ1) is 13.4. The van der Waals surface area contributed by atoms with Crippen molar-refractivity contribution >= 4 is 11.9 Å². The van der Waals surface area contributed by atoms with Gasteiger partial charge in [0.05, 0.1) is 6.10 Å². The van der Waals surface area contributed by atoms with Crippen LogP contribution in [-0.4, -0.2) is 62.5 Å². The number of nitrogens with zero attached hydrogens (tertiary/aromatic N) is 6. The van der Waals surface area contributed by atoms with Gasteiger partial charge < -0.3 is 14.5 Å². The van der Waals surface area contributed by atoms with Crippen LogP contribution in [0, 0.1) is 19.8 Å². The summed E-state index contributed by atoms with van der Waals surface area (Å²) in [5.41, 5.74) is 2.21. The number of amides is 1. The third-order valence-corrected chi connectivity index (χ3v) is 5.14.